The molecule has 5 heteroatoms. The Morgan fingerprint density at radius 3 is 2.55 bits per heavy atom. The van der Waals surface area contributed by atoms with Gasteiger partial charge in [-0.1, -0.05) is 13.8 Å². The van der Waals surface area contributed by atoms with E-state index in [1.165, 1.54) is 0 Å². The van der Waals surface area contributed by atoms with Gasteiger partial charge in [-0.2, -0.15) is 0 Å². The second-order valence-electron chi connectivity index (χ2n) is 6.63. The average Bonchev–Trinajstić information content (AvgIpc) is 3.13. The summed E-state index contributed by atoms with van der Waals surface area (Å²) in [6.45, 7) is 7.16. The number of amides is 2. The summed E-state index contributed by atoms with van der Waals surface area (Å²) >= 11 is 0. The van der Waals surface area contributed by atoms with Crippen LogP contribution in [0, 0.1) is 11.3 Å². The first kappa shape index (κ1) is 15.3. The van der Waals surface area contributed by atoms with Gasteiger partial charge in [-0.15, -0.1) is 0 Å². The third-order valence-electron chi connectivity index (χ3n) is 4.55. The molecule has 5 nitrogen and oxygen atoms in total. The summed E-state index contributed by atoms with van der Waals surface area (Å²) in [5.41, 5.74) is 0.177. The van der Waals surface area contributed by atoms with Crippen LogP contribution in [0.25, 0.3) is 0 Å². The lowest BCUT2D eigenvalue weighted by atomic mass is 9.93. The van der Waals surface area contributed by atoms with Crippen LogP contribution in [-0.4, -0.2) is 49.1 Å². The van der Waals surface area contributed by atoms with Crippen molar-refractivity contribution in [3.63, 3.8) is 0 Å². The molecule has 1 N–H and O–H groups in total. The van der Waals surface area contributed by atoms with E-state index < -0.39 is 6.04 Å². The van der Waals surface area contributed by atoms with E-state index in [9.17, 15) is 9.59 Å². The number of piperazine rings is 1. The van der Waals surface area contributed by atoms with Gasteiger partial charge in [0.15, 0.2) is 0 Å². The molecule has 1 heterocycles. The Morgan fingerprint density at radius 2 is 2.05 bits per heavy atom. The maximum absolute atomic E-state index is 12.4. The minimum Gasteiger partial charge on any atom is -0.385 e. The fraction of sp³-hybridized carbons (Fsp3) is 0.867. The topological polar surface area (TPSA) is 58.6 Å². The molecule has 2 aliphatic rings. The molecule has 2 unspecified atom stereocenters. The standard InChI is InChI=1S/C15H26N2O3/c1-10(2)12-13(18)16-11(3)14(19)17(12)9-15(5-6-15)7-8-20-4/h10-12H,5-9H2,1-4H3,(H,16,18). The first-order valence-electron chi connectivity index (χ1n) is 7.50. The Bertz CT molecular complexity index is 391. The summed E-state index contributed by atoms with van der Waals surface area (Å²) < 4.78 is 5.17. The molecule has 1 saturated heterocycles. The first-order valence-corrected chi connectivity index (χ1v) is 7.50. The van der Waals surface area contributed by atoms with Crippen LogP contribution in [0.15, 0.2) is 0 Å². The summed E-state index contributed by atoms with van der Waals surface area (Å²) in [4.78, 5) is 26.5. The number of nitrogens with one attached hydrogen (secondary N) is 1. The van der Waals surface area contributed by atoms with Crippen LogP contribution in [0.3, 0.4) is 0 Å². The molecule has 0 aromatic carbocycles. The van der Waals surface area contributed by atoms with Gasteiger partial charge in [-0.25, -0.2) is 0 Å². The molecule has 20 heavy (non-hydrogen) atoms. The molecule has 2 rings (SSSR count). The zero-order valence-electron chi connectivity index (χ0n) is 12.9. The van der Waals surface area contributed by atoms with E-state index in [4.69, 9.17) is 4.74 Å². The Kier molecular flexibility index (Phi) is 4.37. The van der Waals surface area contributed by atoms with E-state index in [1.54, 1.807) is 14.0 Å². The summed E-state index contributed by atoms with van der Waals surface area (Å²) in [5, 5.41) is 2.78. The lowest BCUT2D eigenvalue weighted by Crippen LogP contribution is -2.64. The van der Waals surface area contributed by atoms with Crippen LogP contribution in [0.1, 0.15) is 40.0 Å². The smallest absolute Gasteiger partial charge is 0.245 e. The van der Waals surface area contributed by atoms with E-state index in [1.807, 2.05) is 18.7 Å². The van der Waals surface area contributed by atoms with Gasteiger partial charge in [0.05, 0.1) is 0 Å². The minimum atomic E-state index is -0.407. The van der Waals surface area contributed by atoms with Crippen molar-refractivity contribution in [1.82, 2.24) is 10.2 Å². The zero-order chi connectivity index (χ0) is 14.9. The Hall–Kier alpha value is -1.10. The van der Waals surface area contributed by atoms with Crippen molar-refractivity contribution in [1.29, 1.82) is 0 Å². The fourth-order valence-corrected chi connectivity index (χ4v) is 3.07. The summed E-state index contributed by atoms with van der Waals surface area (Å²) in [7, 11) is 1.70. The van der Waals surface area contributed by atoms with Crippen LogP contribution in [-0.2, 0) is 14.3 Å². The van der Waals surface area contributed by atoms with E-state index in [2.05, 4.69) is 5.32 Å². The van der Waals surface area contributed by atoms with Crippen molar-refractivity contribution in [2.45, 2.75) is 52.1 Å². The summed E-state index contributed by atoms with van der Waals surface area (Å²) in [6, 6.07) is -0.741. The maximum Gasteiger partial charge on any atom is 0.245 e. The quantitative estimate of drug-likeness (QED) is 0.795. The van der Waals surface area contributed by atoms with E-state index in [0.29, 0.717) is 6.54 Å². The Balaban J connectivity index is 2.12. The van der Waals surface area contributed by atoms with Gasteiger partial charge in [0, 0.05) is 20.3 Å². The second-order valence-corrected chi connectivity index (χ2v) is 6.63. The molecule has 0 bridgehead atoms. The maximum atomic E-state index is 12.4. The number of carbonyl (C=O) groups excluding carboxylic acids is 2. The number of carbonyl (C=O) groups is 2. The first-order chi connectivity index (χ1) is 9.40. The van der Waals surface area contributed by atoms with Crippen LogP contribution in [0.4, 0.5) is 0 Å². The number of ether oxygens (including phenoxy) is 1. The highest BCUT2D eigenvalue weighted by atomic mass is 16.5. The minimum absolute atomic E-state index is 0.0189. The molecular weight excluding hydrogens is 256 g/mol. The fourth-order valence-electron chi connectivity index (χ4n) is 3.07. The van der Waals surface area contributed by atoms with Crippen molar-refractivity contribution in [3.8, 4) is 0 Å². The van der Waals surface area contributed by atoms with Gasteiger partial charge >= 0.3 is 0 Å². The molecule has 1 aliphatic carbocycles. The van der Waals surface area contributed by atoms with Gasteiger partial charge in [0.2, 0.25) is 11.8 Å². The lowest BCUT2D eigenvalue weighted by Gasteiger charge is -2.41. The molecule has 0 aromatic rings. The lowest BCUT2D eigenvalue weighted by molar-refractivity contribution is -0.151. The molecule has 0 radical (unpaired) electrons. The molecule has 2 fully saturated rings. The normalized spacial score (nSPS) is 28.8. The highest BCUT2D eigenvalue weighted by Crippen LogP contribution is 2.50. The molecule has 0 spiro atoms. The molecule has 1 saturated carbocycles. The predicted molar refractivity (Wildman–Crippen MR) is 76.1 cm³/mol. The van der Waals surface area contributed by atoms with Crippen LogP contribution in [0.5, 0.6) is 0 Å². The predicted octanol–water partition coefficient (Wildman–Crippen LogP) is 1.17. The molecule has 114 valence electrons. The molecule has 2 atom stereocenters. The van der Waals surface area contributed by atoms with E-state index >= 15 is 0 Å². The third-order valence-corrected chi connectivity index (χ3v) is 4.55. The molecular formula is C15H26N2O3. The average molecular weight is 282 g/mol. The molecule has 1 aliphatic heterocycles. The molecule has 2 amide bonds. The van der Waals surface area contributed by atoms with Crippen molar-refractivity contribution in [3.05, 3.63) is 0 Å². The van der Waals surface area contributed by atoms with Gasteiger partial charge in [0.1, 0.15) is 12.1 Å². The van der Waals surface area contributed by atoms with Gasteiger partial charge in [-0.05, 0) is 37.5 Å². The number of hydrogen-bond donors (Lipinski definition) is 1. The summed E-state index contributed by atoms with van der Waals surface area (Å²) in [5.74, 6) is 0.159. The number of methoxy groups -OCH3 is 1. The van der Waals surface area contributed by atoms with Crippen molar-refractivity contribution >= 4 is 11.8 Å². The second kappa shape index (κ2) is 5.72. The van der Waals surface area contributed by atoms with Crippen molar-refractivity contribution < 1.29 is 14.3 Å². The Labute approximate surface area is 121 Å². The SMILES string of the molecule is COCCC1(CN2C(=O)C(C)NC(=O)C2C(C)C)CC1. The van der Waals surface area contributed by atoms with Crippen LogP contribution >= 0.6 is 0 Å². The summed E-state index contributed by atoms with van der Waals surface area (Å²) in [6.07, 6.45) is 3.22. The number of rotatable bonds is 6. The van der Waals surface area contributed by atoms with Gasteiger partial charge in [-0.3, -0.25) is 9.59 Å². The van der Waals surface area contributed by atoms with Crippen molar-refractivity contribution in [2.75, 3.05) is 20.3 Å². The van der Waals surface area contributed by atoms with Crippen LogP contribution < -0.4 is 5.32 Å². The third kappa shape index (κ3) is 2.97. The number of nitrogens with zero attached hydrogens (tertiary/aromatic N) is 1. The highest BCUT2D eigenvalue weighted by molar-refractivity contribution is 5.96. The zero-order valence-corrected chi connectivity index (χ0v) is 12.9. The van der Waals surface area contributed by atoms with E-state index in [-0.39, 0.29) is 29.2 Å². The van der Waals surface area contributed by atoms with Gasteiger partial charge in [0.25, 0.3) is 0 Å². The van der Waals surface area contributed by atoms with Crippen LogP contribution in [0.2, 0.25) is 0 Å². The van der Waals surface area contributed by atoms with E-state index in [0.717, 1.165) is 25.9 Å². The van der Waals surface area contributed by atoms with Crippen molar-refractivity contribution in [2.24, 2.45) is 11.3 Å². The molecule has 0 aromatic heterocycles. The number of hydrogen-bond acceptors (Lipinski definition) is 3. The van der Waals surface area contributed by atoms with Gasteiger partial charge < -0.3 is 15.0 Å². The largest absolute Gasteiger partial charge is 0.385 e. The highest BCUT2D eigenvalue weighted by Gasteiger charge is 2.49. The Morgan fingerprint density at radius 1 is 1.40 bits per heavy atom. The monoisotopic (exact) mass is 282 g/mol.